The Labute approximate surface area is 126 Å². The van der Waals surface area contributed by atoms with Gasteiger partial charge in [-0.3, -0.25) is 0 Å². The molecule has 0 saturated carbocycles. The lowest BCUT2D eigenvalue weighted by Crippen LogP contribution is -1.86. The van der Waals surface area contributed by atoms with Gasteiger partial charge in [0.25, 0.3) is 0 Å². The molecule has 0 amide bonds. The van der Waals surface area contributed by atoms with Crippen LogP contribution in [-0.4, -0.2) is 0 Å². The molecule has 0 bridgehead atoms. The van der Waals surface area contributed by atoms with Crippen molar-refractivity contribution in [2.75, 3.05) is 0 Å². The monoisotopic (exact) mass is 304 g/mol. The van der Waals surface area contributed by atoms with E-state index in [4.69, 9.17) is 32.4 Å². The smallest absolute Gasteiger partial charge is 0.146 e. The molecule has 0 aliphatic rings. The highest BCUT2D eigenvalue weighted by molar-refractivity contribution is 6.32. The molecule has 0 spiro atoms. The van der Waals surface area contributed by atoms with Crippen LogP contribution in [0.15, 0.2) is 65.3 Å². The molecular weight excluding hydrogens is 295 g/mol. The number of rotatable bonds is 3. The maximum atomic E-state index is 6.24. The van der Waals surface area contributed by atoms with Gasteiger partial charge in [-0.25, -0.2) is 0 Å². The van der Waals surface area contributed by atoms with Crippen LogP contribution >= 0.6 is 23.2 Å². The molecule has 0 aliphatic heterocycles. The van der Waals surface area contributed by atoms with Crippen molar-refractivity contribution in [3.63, 3.8) is 0 Å². The van der Waals surface area contributed by atoms with Gasteiger partial charge in [0.15, 0.2) is 0 Å². The second kappa shape index (κ2) is 5.61. The summed E-state index contributed by atoms with van der Waals surface area (Å²) in [6.45, 7) is 0. The molecule has 3 rings (SSSR count). The minimum Gasteiger partial charge on any atom is -0.464 e. The van der Waals surface area contributed by atoms with Crippen LogP contribution in [0.25, 0.3) is 11.3 Å². The normalized spacial score (nSPS) is 10.5. The van der Waals surface area contributed by atoms with E-state index in [2.05, 4.69) is 0 Å². The fourth-order valence-electron chi connectivity index (χ4n) is 1.84. The van der Waals surface area contributed by atoms with Crippen molar-refractivity contribution in [2.45, 2.75) is 0 Å². The third-order valence-corrected chi connectivity index (χ3v) is 3.29. The van der Waals surface area contributed by atoms with E-state index in [0.717, 1.165) is 11.3 Å². The maximum Gasteiger partial charge on any atom is 0.146 e. The summed E-state index contributed by atoms with van der Waals surface area (Å²) >= 11 is 12.2. The van der Waals surface area contributed by atoms with Crippen molar-refractivity contribution < 1.29 is 9.15 Å². The van der Waals surface area contributed by atoms with Crippen LogP contribution in [0, 0.1) is 0 Å². The van der Waals surface area contributed by atoms with Gasteiger partial charge in [-0.2, -0.15) is 0 Å². The molecule has 2 nitrogen and oxygen atoms in total. The van der Waals surface area contributed by atoms with Gasteiger partial charge in [0.2, 0.25) is 0 Å². The van der Waals surface area contributed by atoms with Crippen LogP contribution in [0.5, 0.6) is 11.5 Å². The van der Waals surface area contributed by atoms with E-state index in [1.54, 1.807) is 30.5 Å². The predicted octanol–water partition coefficient (Wildman–Crippen LogP) is 6.05. The molecule has 100 valence electrons. The zero-order chi connectivity index (χ0) is 13.9. The molecule has 0 fully saturated rings. The van der Waals surface area contributed by atoms with Gasteiger partial charge in [-0.15, -0.1) is 0 Å². The SMILES string of the molecule is Clc1cccc(Oc2ccc(-c3ccco3)cc2Cl)c1. The quantitative estimate of drug-likeness (QED) is 0.588. The predicted molar refractivity (Wildman–Crippen MR) is 80.7 cm³/mol. The minimum absolute atomic E-state index is 0.513. The van der Waals surface area contributed by atoms with Crippen LogP contribution in [0.3, 0.4) is 0 Å². The first-order valence-corrected chi connectivity index (χ1v) is 6.75. The molecule has 1 aromatic heterocycles. The van der Waals surface area contributed by atoms with Gasteiger partial charge in [0.05, 0.1) is 11.3 Å². The first kappa shape index (κ1) is 13.1. The Morgan fingerprint density at radius 3 is 2.50 bits per heavy atom. The molecule has 0 aliphatic carbocycles. The average molecular weight is 305 g/mol. The minimum atomic E-state index is 0.513. The Bertz CT molecular complexity index is 721. The van der Waals surface area contributed by atoms with Gasteiger partial charge in [0.1, 0.15) is 17.3 Å². The van der Waals surface area contributed by atoms with Gasteiger partial charge in [-0.1, -0.05) is 29.3 Å². The summed E-state index contributed by atoms with van der Waals surface area (Å²) in [4.78, 5) is 0. The van der Waals surface area contributed by atoms with E-state index in [-0.39, 0.29) is 0 Å². The Morgan fingerprint density at radius 2 is 1.80 bits per heavy atom. The van der Waals surface area contributed by atoms with Gasteiger partial charge in [0, 0.05) is 10.6 Å². The Hall–Kier alpha value is -1.90. The van der Waals surface area contributed by atoms with Crippen LogP contribution < -0.4 is 4.74 Å². The second-order valence-electron chi connectivity index (χ2n) is 4.18. The molecule has 0 radical (unpaired) electrons. The fraction of sp³-hybridized carbons (Fsp3) is 0. The molecule has 20 heavy (non-hydrogen) atoms. The lowest BCUT2D eigenvalue weighted by molar-refractivity contribution is 0.483. The largest absolute Gasteiger partial charge is 0.464 e. The van der Waals surface area contributed by atoms with Crippen molar-refractivity contribution in [3.05, 3.63) is 70.9 Å². The highest BCUT2D eigenvalue weighted by Crippen LogP contribution is 2.34. The van der Waals surface area contributed by atoms with E-state index >= 15 is 0 Å². The van der Waals surface area contributed by atoms with Crippen LogP contribution in [0.4, 0.5) is 0 Å². The molecule has 1 heterocycles. The number of benzene rings is 2. The first-order valence-electron chi connectivity index (χ1n) is 5.99. The summed E-state index contributed by atoms with van der Waals surface area (Å²) in [7, 11) is 0. The summed E-state index contributed by atoms with van der Waals surface area (Å²) in [6, 6.07) is 16.4. The van der Waals surface area contributed by atoms with Gasteiger partial charge < -0.3 is 9.15 Å². The van der Waals surface area contributed by atoms with E-state index < -0.39 is 0 Å². The zero-order valence-electron chi connectivity index (χ0n) is 10.3. The van der Waals surface area contributed by atoms with Crippen molar-refractivity contribution in [3.8, 4) is 22.8 Å². The van der Waals surface area contributed by atoms with Crippen LogP contribution in [0.1, 0.15) is 0 Å². The Kier molecular flexibility index (Phi) is 3.68. The van der Waals surface area contributed by atoms with E-state index in [9.17, 15) is 0 Å². The van der Waals surface area contributed by atoms with Crippen molar-refractivity contribution in [1.82, 2.24) is 0 Å². The molecule has 0 unspecified atom stereocenters. The van der Waals surface area contributed by atoms with Crippen LogP contribution in [-0.2, 0) is 0 Å². The van der Waals surface area contributed by atoms with Crippen molar-refractivity contribution in [1.29, 1.82) is 0 Å². The van der Waals surface area contributed by atoms with Gasteiger partial charge in [-0.05, 0) is 48.5 Å². The second-order valence-corrected chi connectivity index (χ2v) is 5.03. The van der Waals surface area contributed by atoms with Crippen molar-refractivity contribution >= 4 is 23.2 Å². The molecular formula is C16H10Cl2O2. The number of furan rings is 1. The lowest BCUT2D eigenvalue weighted by atomic mass is 10.1. The summed E-state index contributed by atoms with van der Waals surface area (Å²) < 4.78 is 11.0. The van der Waals surface area contributed by atoms with E-state index in [0.29, 0.717) is 21.5 Å². The molecule has 3 aromatic rings. The molecule has 0 atom stereocenters. The number of halogens is 2. The molecule has 2 aromatic carbocycles. The number of ether oxygens (including phenoxy) is 1. The highest BCUT2D eigenvalue weighted by Gasteiger charge is 2.07. The number of hydrogen-bond acceptors (Lipinski definition) is 2. The summed E-state index contributed by atoms with van der Waals surface area (Å²) in [5, 5.41) is 1.13. The Morgan fingerprint density at radius 1 is 0.900 bits per heavy atom. The Balaban J connectivity index is 1.88. The topological polar surface area (TPSA) is 22.4 Å². The molecule has 0 N–H and O–H groups in total. The summed E-state index contributed by atoms with van der Waals surface area (Å²) in [5.41, 5.74) is 0.901. The third kappa shape index (κ3) is 2.82. The van der Waals surface area contributed by atoms with Crippen molar-refractivity contribution in [2.24, 2.45) is 0 Å². The summed E-state index contributed by atoms with van der Waals surface area (Å²) in [6.07, 6.45) is 1.62. The fourth-order valence-corrected chi connectivity index (χ4v) is 2.24. The lowest BCUT2D eigenvalue weighted by Gasteiger charge is -2.08. The van der Waals surface area contributed by atoms with Gasteiger partial charge >= 0.3 is 0 Å². The third-order valence-electron chi connectivity index (χ3n) is 2.76. The summed E-state index contributed by atoms with van der Waals surface area (Å²) in [5.74, 6) is 1.98. The van der Waals surface area contributed by atoms with Crippen LogP contribution in [0.2, 0.25) is 10.0 Å². The van der Waals surface area contributed by atoms with E-state index in [1.807, 2.05) is 30.3 Å². The average Bonchev–Trinajstić information content (AvgIpc) is 2.95. The standard InChI is InChI=1S/C16H10Cl2O2/c17-12-3-1-4-13(10-12)20-16-7-6-11(9-14(16)18)15-5-2-8-19-15/h1-10H. The zero-order valence-corrected chi connectivity index (χ0v) is 11.9. The first-order chi connectivity index (χ1) is 9.72. The molecule has 4 heteroatoms. The molecule has 0 saturated heterocycles. The highest BCUT2D eigenvalue weighted by atomic mass is 35.5. The number of hydrogen-bond donors (Lipinski definition) is 0. The maximum absolute atomic E-state index is 6.24. The van der Waals surface area contributed by atoms with E-state index in [1.165, 1.54) is 0 Å².